The van der Waals surface area contributed by atoms with Crippen molar-refractivity contribution in [3.8, 4) is 5.75 Å². The normalized spacial score (nSPS) is 10.7. The Hall–Kier alpha value is -0.430. The van der Waals surface area contributed by atoms with Crippen LogP contribution in [0.2, 0.25) is 0 Å². The monoisotopic (exact) mass is 405 g/mol. The van der Waals surface area contributed by atoms with Crippen molar-refractivity contribution in [1.82, 2.24) is 4.98 Å². The SMILES string of the molecule is Cc1ncsc1CCOc1c(Br)cc(CO)cc1Br. The first-order chi connectivity index (χ1) is 9.11. The molecule has 0 unspecified atom stereocenters. The van der Waals surface area contributed by atoms with Crippen molar-refractivity contribution in [2.75, 3.05) is 6.61 Å². The van der Waals surface area contributed by atoms with Gasteiger partial charge in [-0.15, -0.1) is 11.3 Å². The Morgan fingerprint density at radius 1 is 1.32 bits per heavy atom. The summed E-state index contributed by atoms with van der Waals surface area (Å²) in [5, 5.41) is 9.12. The first-order valence-electron chi connectivity index (χ1n) is 5.72. The number of aliphatic hydroxyl groups is 1. The van der Waals surface area contributed by atoms with Gasteiger partial charge in [-0.1, -0.05) is 0 Å². The van der Waals surface area contributed by atoms with Crippen LogP contribution in [0.4, 0.5) is 0 Å². The van der Waals surface area contributed by atoms with Gasteiger partial charge in [0, 0.05) is 11.3 Å². The number of benzene rings is 1. The van der Waals surface area contributed by atoms with Gasteiger partial charge in [-0.3, -0.25) is 0 Å². The van der Waals surface area contributed by atoms with Crippen LogP contribution in [0, 0.1) is 6.92 Å². The number of thiazole rings is 1. The van der Waals surface area contributed by atoms with Gasteiger partial charge in [0.25, 0.3) is 0 Å². The number of nitrogens with zero attached hydrogens (tertiary/aromatic N) is 1. The fourth-order valence-electron chi connectivity index (χ4n) is 1.65. The fourth-order valence-corrected chi connectivity index (χ4v) is 3.93. The topological polar surface area (TPSA) is 42.4 Å². The highest BCUT2D eigenvalue weighted by Gasteiger charge is 2.09. The van der Waals surface area contributed by atoms with Gasteiger partial charge < -0.3 is 9.84 Å². The maximum Gasteiger partial charge on any atom is 0.147 e. The van der Waals surface area contributed by atoms with Crippen molar-refractivity contribution in [2.45, 2.75) is 20.0 Å². The third-order valence-corrected chi connectivity index (χ3v) is 4.83. The lowest BCUT2D eigenvalue weighted by Gasteiger charge is -2.11. The molecule has 1 aromatic carbocycles. The van der Waals surface area contributed by atoms with Crippen LogP contribution in [-0.4, -0.2) is 16.7 Å². The Morgan fingerprint density at radius 2 is 2.00 bits per heavy atom. The van der Waals surface area contributed by atoms with Gasteiger partial charge in [0.2, 0.25) is 0 Å². The largest absolute Gasteiger partial charge is 0.491 e. The van der Waals surface area contributed by atoms with E-state index in [1.54, 1.807) is 11.3 Å². The highest BCUT2D eigenvalue weighted by Crippen LogP contribution is 2.35. The molecule has 1 heterocycles. The van der Waals surface area contributed by atoms with E-state index >= 15 is 0 Å². The van der Waals surface area contributed by atoms with Gasteiger partial charge in [0.15, 0.2) is 0 Å². The molecule has 6 heteroatoms. The summed E-state index contributed by atoms with van der Waals surface area (Å²) in [6.45, 7) is 2.62. The maximum absolute atomic E-state index is 9.12. The Morgan fingerprint density at radius 3 is 2.53 bits per heavy atom. The lowest BCUT2D eigenvalue weighted by atomic mass is 10.2. The van der Waals surface area contributed by atoms with E-state index in [0.29, 0.717) is 6.61 Å². The standard InChI is InChI=1S/C13H13Br2NO2S/c1-8-12(19-7-16-8)2-3-18-13-10(14)4-9(6-17)5-11(13)15/h4-5,7,17H,2-3,6H2,1H3. The maximum atomic E-state index is 9.12. The van der Waals surface area contributed by atoms with Crippen molar-refractivity contribution in [3.63, 3.8) is 0 Å². The Kier molecular flexibility index (Phi) is 5.38. The molecule has 0 saturated carbocycles. The van der Waals surface area contributed by atoms with Gasteiger partial charge in [-0.2, -0.15) is 0 Å². The minimum atomic E-state index is 0.0114. The van der Waals surface area contributed by atoms with E-state index < -0.39 is 0 Å². The van der Waals surface area contributed by atoms with Crippen molar-refractivity contribution in [3.05, 3.63) is 42.7 Å². The lowest BCUT2D eigenvalue weighted by Crippen LogP contribution is -2.02. The molecule has 102 valence electrons. The van der Waals surface area contributed by atoms with Gasteiger partial charge >= 0.3 is 0 Å². The zero-order valence-corrected chi connectivity index (χ0v) is 14.3. The summed E-state index contributed by atoms with van der Waals surface area (Å²) in [5.74, 6) is 0.763. The van der Waals surface area contributed by atoms with Crippen LogP contribution in [0.5, 0.6) is 5.75 Å². The van der Waals surface area contributed by atoms with Crippen molar-refractivity contribution in [1.29, 1.82) is 0 Å². The molecule has 0 saturated heterocycles. The summed E-state index contributed by atoms with van der Waals surface area (Å²) in [6.07, 6.45) is 0.844. The molecule has 19 heavy (non-hydrogen) atoms. The van der Waals surface area contributed by atoms with Crippen LogP contribution >= 0.6 is 43.2 Å². The molecule has 2 rings (SSSR count). The first-order valence-corrected chi connectivity index (χ1v) is 8.19. The number of hydrogen-bond donors (Lipinski definition) is 1. The van der Waals surface area contributed by atoms with Crippen LogP contribution in [0.3, 0.4) is 0 Å². The molecule has 0 aliphatic carbocycles. The Labute approximate surface area is 132 Å². The summed E-state index contributed by atoms with van der Waals surface area (Å²) in [5.41, 5.74) is 3.76. The predicted molar refractivity (Wildman–Crippen MR) is 83.8 cm³/mol. The number of rotatable bonds is 5. The van der Waals surface area contributed by atoms with Crippen LogP contribution in [0.25, 0.3) is 0 Å². The smallest absolute Gasteiger partial charge is 0.147 e. The molecular weight excluding hydrogens is 394 g/mol. The second-order valence-electron chi connectivity index (χ2n) is 4.01. The van der Waals surface area contributed by atoms with E-state index in [-0.39, 0.29) is 6.61 Å². The van der Waals surface area contributed by atoms with Crippen LogP contribution in [0.1, 0.15) is 16.1 Å². The van der Waals surface area contributed by atoms with Crippen molar-refractivity contribution >= 4 is 43.2 Å². The summed E-state index contributed by atoms with van der Waals surface area (Å²) in [6, 6.07) is 3.72. The molecule has 0 amide bonds. The molecule has 1 aromatic heterocycles. The number of ether oxygens (including phenoxy) is 1. The van der Waals surface area contributed by atoms with Gasteiger partial charge in [0.05, 0.1) is 33.4 Å². The van der Waals surface area contributed by atoms with E-state index in [1.807, 2.05) is 24.6 Å². The molecule has 0 bridgehead atoms. The molecular formula is C13H13Br2NO2S. The number of hydrogen-bond acceptors (Lipinski definition) is 4. The van der Waals surface area contributed by atoms with Gasteiger partial charge in [-0.25, -0.2) is 4.98 Å². The quantitative estimate of drug-likeness (QED) is 0.812. The zero-order valence-electron chi connectivity index (χ0n) is 10.3. The molecule has 0 atom stereocenters. The molecule has 1 N–H and O–H groups in total. The number of aliphatic hydroxyl groups excluding tert-OH is 1. The molecule has 0 fully saturated rings. The van der Waals surface area contributed by atoms with E-state index in [4.69, 9.17) is 9.84 Å². The van der Waals surface area contributed by atoms with Crippen molar-refractivity contribution < 1.29 is 9.84 Å². The average molecular weight is 407 g/mol. The van der Waals surface area contributed by atoms with E-state index in [2.05, 4.69) is 36.8 Å². The number of aromatic nitrogens is 1. The summed E-state index contributed by atoms with van der Waals surface area (Å²) >= 11 is 8.56. The number of halogens is 2. The third kappa shape index (κ3) is 3.78. The van der Waals surface area contributed by atoms with Crippen LogP contribution in [0.15, 0.2) is 26.6 Å². The minimum absolute atomic E-state index is 0.0114. The van der Waals surface area contributed by atoms with Crippen molar-refractivity contribution in [2.24, 2.45) is 0 Å². The van der Waals surface area contributed by atoms with E-state index in [9.17, 15) is 0 Å². The minimum Gasteiger partial charge on any atom is -0.491 e. The van der Waals surface area contributed by atoms with E-state index in [1.165, 1.54) is 4.88 Å². The second-order valence-corrected chi connectivity index (χ2v) is 6.65. The average Bonchev–Trinajstić information content (AvgIpc) is 2.78. The summed E-state index contributed by atoms with van der Waals surface area (Å²) in [7, 11) is 0. The van der Waals surface area contributed by atoms with Crippen LogP contribution in [-0.2, 0) is 13.0 Å². The molecule has 0 aliphatic heterocycles. The van der Waals surface area contributed by atoms with Gasteiger partial charge in [-0.05, 0) is 56.5 Å². The highest BCUT2D eigenvalue weighted by atomic mass is 79.9. The second kappa shape index (κ2) is 6.83. The fraction of sp³-hybridized carbons (Fsp3) is 0.308. The molecule has 2 aromatic rings. The first kappa shape index (κ1) is 15.0. The molecule has 0 aliphatic rings. The Bertz CT molecular complexity index is 549. The summed E-state index contributed by atoms with van der Waals surface area (Å²) < 4.78 is 7.48. The number of aryl methyl sites for hydroxylation is 1. The van der Waals surface area contributed by atoms with E-state index in [0.717, 1.165) is 32.4 Å². The zero-order chi connectivity index (χ0) is 13.8. The van der Waals surface area contributed by atoms with Crippen LogP contribution < -0.4 is 4.74 Å². The predicted octanol–water partition coefficient (Wildman–Crippen LogP) is 4.09. The molecule has 0 radical (unpaired) electrons. The third-order valence-electron chi connectivity index (χ3n) is 2.66. The van der Waals surface area contributed by atoms with Gasteiger partial charge in [0.1, 0.15) is 5.75 Å². The summed E-state index contributed by atoms with van der Waals surface area (Å²) in [4.78, 5) is 5.47. The molecule has 3 nitrogen and oxygen atoms in total. The molecule has 0 spiro atoms. The lowest BCUT2D eigenvalue weighted by molar-refractivity contribution is 0.281. The highest BCUT2D eigenvalue weighted by molar-refractivity contribution is 9.11. The Balaban J connectivity index is 2.02.